The van der Waals surface area contributed by atoms with Crippen LogP contribution in [0, 0.1) is 11.6 Å². The lowest BCUT2D eigenvalue weighted by molar-refractivity contribution is -0.0714. The molecular weight excluding hydrogens is 276 g/mol. The summed E-state index contributed by atoms with van der Waals surface area (Å²) in [6.07, 6.45) is 0.296. The van der Waals surface area contributed by atoms with Crippen LogP contribution in [0.4, 0.5) is 8.78 Å². The van der Waals surface area contributed by atoms with Crippen molar-refractivity contribution in [2.75, 3.05) is 26.3 Å². The van der Waals surface area contributed by atoms with Crippen LogP contribution in [0.25, 0.3) is 0 Å². The Morgan fingerprint density at radius 3 is 2.33 bits per heavy atom. The highest BCUT2D eigenvalue weighted by molar-refractivity contribution is 5.19. The summed E-state index contributed by atoms with van der Waals surface area (Å²) in [6, 6.07) is 3.40. The van der Waals surface area contributed by atoms with Gasteiger partial charge in [-0.15, -0.1) is 0 Å². The Balaban J connectivity index is 2.13. The number of aliphatic hydroxyl groups excluding tert-OH is 1. The third kappa shape index (κ3) is 3.78. The van der Waals surface area contributed by atoms with Gasteiger partial charge in [0.15, 0.2) is 0 Å². The highest BCUT2D eigenvalue weighted by Gasteiger charge is 2.38. The van der Waals surface area contributed by atoms with E-state index in [0.29, 0.717) is 18.8 Å². The van der Waals surface area contributed by atoms with E-state index < -0.39 is 23.3 Å². The Morgan fingerprint density at radius 1 is 1.24 bits per heavy atom. The number of aliphatic hydroxyl groups is 1. The van der Waals surface area contributed by atoms with Crippen LogP contribution in [0.2, 0.25) is 0 Å². The molecule has 1 saturated heterocycles. The summed E-state index contributed by atoms with van der Waals surface area (Å²) in [5.41, 5.74) is 0.0555. The maximum absolute atomic E-state index is 13.3. The number of morpholine rings is 1. The van der Waals surface area contributed by atoms with Crippen molar-refractivity contribution < 1.29 is 18.6 Å². The summed E-state index contributed by atoms with van der Waals surface area (Å²) in [6.45, 7) is 6.84. The van der Waals surface area contributed by atoms with E-state index in [9.17, 15) is 13.9 Å². The molecule has 21 heavy (non-hydrogen) atoms. The van der Waals surface area contributed by atoms with E-state index in [-0.39, 0.29) is 6.42 Å². The molecule has 1 aliphatic rings. The molecule has 2 atom stereocenters. The zero-order chi connectivity index (χ0) is 15.5. The number of hydrogen-bond donors (Lipinski definition) is 1. The van der Waals surface area contributed by atoms with Gasteiger partial charge in [0.25, 0.3) is 0 Å². The van der Waals surface area contributed by atoms with E-state index in [1.165, 1.54) is 12.1 Å². The Bertz CT molecular complexity index is 457. The van der Waals surface area contributed by atoms with Gasteiger partial charge in [-0.25, -0.2) is 8.78 Å². The van der Waals surface area contributed by atoms with Gasteiger partial charge in [0, 0.05) is 31.1 Å². The molecule has 1 N–H and O–H groups in total. The molecule has 5 heteroatoms. The predicted octanol–water partition coefficient (Wildman–Crippen LogP) is 2.37. The Hall–Kier alpha value is -1.04. The zero-order valence-corrected chi connectivity index (χ0v) is 12.6. The van der Waals surface area contributed by atoms with Crippen molar-refractivity contribution in [3.63, 3.8) is 0 Å². The summed E-state index contributed by atoms with van der Waals surface area (Å²) in [5, 5.41) is 10.6. The summed E-state index contributed by atoms with van der Waals surface area (Å²) < 4.78 is 31.9. The molecule has 2 unspecified atom stereocenters. The standard InChI is InChI=1S/C16H23F2NO2/c1-3-16(2,19-4-6-21-7-5-19)15(20)10-12-8-13(17)11-14(18)9-12/h8-9,11,15,20H,3-7,10H2,1-2H3. The third-order valence-electron chi connectivity index (χ3n) is 4.52. The first-order valence-electron chi connectivity index (χ1n) is 7.41. The van der Waals surface area contributed by atoms with E-state index in [0.717, 1.165) is 25.6 Å². The Labute approximate surface area is 124 Å². The first-order valence-corrected chi connectivity index (χ1v) is 7.41. The minimum Gasteiger partial charge on any atom is -0.391 e. The number of ether oxygens (including phenoxy) is 1. The van der Waals surface area contributed by atoms with Crippen LogP contribution in [0.5, 0.6) is 0 Å². The molecule has 0 aromatic heterocycles. The van der Waals surface area contributed by atoms with Gasteiger partial charge in [0.1, 0.15) is 11.6 Å². The molecular formula is C16H23F2NO2. The van der Waals surface area contributed by atoms with E-state index in [2.05, 4.69) is 4.90 Å². The van der Waals surface area contributed by atoms with E-state index in [1.54, 1.807) is 0 Å². The fourth-order valence-electron chi connectivity index (χ4n) is 2.92. The fraction of sp³-hybridized carbons (Fsp3) is 0.625. The lowest BCUT2D eigenvalue weighted by atomic mass is 9.85. The van der Waals surface area contributed by atoms with Gasteiger partial charge in [-0.3, -0.25) is 4.90 Å². The lowest BCUT2D eigenvalue weighted by Crippen LogP contribution is -2.58. The van der Waals surface area contributed by atoms with Crippen LogP contribution in [-0.4, -0.2) is 48.0 Å². The molecule has 1 aromatic carbocycles. The fourth-order valence-corrected chi connectivity index (χ4v) is 2.92. The van der Waals surface area contributed by atoms with Crippen molar-refractivity contribution in [3.8, 4) is 0 Å². The predicted molar refractivity (Wildman–Crippen MR) is 77.2 cm³/mol. The van der Waals surface area contributed by atoms with Crippen molar-refractivity contribution >= 4 is 0 Å². The molecule has 0 bridgehead atoms. The average molecular weight is 299 g/mol. The minimum atomic E-state index is -0.693. The first-order chi connectivity index (χ1) is 9.95. The Morgan fingerprint density at radius 2 is 1.81 bits per heavy atom. The van der Waals surface area contributed by atoms with E-state index in [1.807, 2.05) is 13.8 Å². The largest absolute Gasteiger partial charge is 0.391 e. The van der Waals surface area contributed by atoms with Crippen molar-refractivity contribution in [2.45, 2.75) is 38.3 Å². The smallest absolute Gasteiger partial charge is 0.126 e. The van der Waals surface area contributed by atoms with E-state index in [4.69, 9.17) is 4.74 Å². The number of hydrogen-bond acceptors (Lipinski definition) is 3. The van der Waals surface area contributed by atoms with Crippen molar-refractivity contribution in [1.29, 1.82) is 0 Å². The van der Waals surface area contributed by atoms with Crippen LogP contribution in [-0.2, 0) is 11.2 Å². The number of nitrogens with zero attached hydrogens (tertiary/aromatic N) is 1. The number of rotatable bonds is 5. The van der Waals surface area contributed by atoms with Gasteiger partial charge >= 0.3 is 0 Å². The molecule has 3 nitrogen and oxygen atoms in total. The molecule has 0 spiro atoms. The molecule has 1 heterocycles. The molecule has 1 aliphatic heterocycles. The molecule has 0 amide bonds. The lowest BCUT2D eigenvalue weighted by Gasteiger charge is -2.46. The molecule has 0 saturated carbocycles. The molecule has 1 aromatic rings. The summed E-state index contributed by atoms with van der Waals surface area (Å²) in [5.74, 6) is -1.22. The second-order valence-electron chi connectivity index (χ2n) is 5.81. The summed E-state index contributed by atoms with van der Waals surface area (Å²) in [7, 11) is 0. The van der Waals surface area contributed by atoms with Gasteiger partial charge < -0.3 is 9.84 Å². The van der Waals surface area contributed by atoms with Crippen LogP contribution in [0.3, 0.4) is 0 Å². The molecule has 1 fully saturated rings. The molecule has 0 aliphatic carbocycles. The second kappa shape index (κ2) is 6.81. The monoisotopic (exact) mass is 299 g/mol. The maximum Gasteiger partial charge on any atom is 0.126 e. The first kappa shape index (κ1) is 16.3. The number of halogens is 2. The second-order valence-corrected chi connectivity index (χ2v) is 5.81. The van der Waals surface area contributed by atoms with Crippen molar-refractivity contribution in [3.05, 3.63) is 35.4 Å². The number of benzene rings is 1. The maximum atomic E-state index is 13.3. The molecule has 2 rings (SSSR count). The molecule has 118 valence electrons. The van der Waals surface area contributed by atoms with Crippen molar-refractivity contribution in [2.24, 2.45) is 0 Å². The van der Waals surface area contributed by atoms with Gasteiger partial charge in [-0.1, -0.05) is 6.92 Å². The summed E-state index contributed by atoms with van der Waals surface area (Å²) in [4.78, 5) is 2.21. The third-order valence-corrected chi connectivity index (χ3v) is 4.52. The zero-order valence-electron chi connectivity index (χ0n) is 12.6. The van der Waals surface area contributed by atoms with Gasteiger partial charge in [0.2, 0.25) is 0 Å². The topological polar surface area (TPSA) is 32.7 Å². The quantitative estimate of drug-likeness (QED) is 0.906. The van der Waals surface area contributed by atoms with Crippen LogP contribution in [0.15, 0.2) is 18.2 Å². The van der Waals surface area contributed by atoms with Gasteiger partial charge in [-0.05, 0) is 31.0 Å². The normalized spacial score (nSPS) is 21.0. The SMILES string of the molecule is CCC(C)(C(O)Cc1cc(F)cc(F)c1)N1CCOCC1. The van der Waals surface area contributed by atoms with Gasteiger partial charge in [0.05, 0.1) is 19.3 Å². The highest BCUT2D eigenvalue weighted by Crippen LogP contribution is 2.27. The van der Waals surface area contributed by atoms with Crippen LogP contribution in [0.1, 0.15) is 25.8 Å². The van der Waals surface area contributed by atoms with Gasteiger partial charge in [-0.2, -0.15) is 0 Å². The summed E-state index contributed by atoms with van der Waals surface area (Å²) >= 11 is 0. The molecule has 0 radical (unpaired) electrons. The minimum absolute atomic E-state index is 0.233. The van der Waals surface area contributed by atoms with Crippen LogP contribution < -0.4 is 0 Å². The Kier molecular flexibility index (Phi) is 5.30. The highest BCUT2D eigenvalue weighted by atomic mass is 19.1. The average Bonchev–Trinajstić information content (AvgIpc) is 2.46. The van der Waals surface area contributed by atoms with Crippen LogP contribution >= 0.6 is 0 Å². The van der Waals surface area contributed by atoms with Crippen molar-refractivity contribution in [1.82, 2.24) is 4.90 Å². The van der Waals surface area contributed by atoms with E-state index >= 15 is 0 Å².